The van der Waals surface area contributed by atoms with Gasteiger partial charge in [-0.05, 0) is 59.3 Å². The van der Waals surface area contributed by atoms with Crippen LogP contribution in [0.1, 0.15) is 72.6 Å². The first-order chi connectivity index (χ1) is 10.0. The summed E-state index contributed by atoms with van der Waals surface area (Å²) < 4.78 is 0. The molecule has 1 heterocycles. The van der Waals surface area contributed by atoms with Crippen molar-refractivity contribution in [1.29, 1.82) is 0 Å². The van der Waals surface area contributed by atoms with Crippen molar-refractivity contribution in [3.63, 3.8) is 0 Å². The molecule has 0 saturated carbocycles. The fourth-order valence-electron chi connectivity index (χ4n) is 4.06. The van der Waals surface area contributed by atoms with Crippen LogP contribution in [0.2, 0.25) is 0 Å². The van der Waals surface area contributed by atoms with E-state index in [1.807, 2.05) is 0 Å². The Hall–Kier alpha value is -1.10. The Morgan fingerprint density at radius 2 is 1.59 bits per heavy atom. The fraction of sp³-hybridized carbons (Fsp3) is 0.882. The van der Waals surface area contributed by atoms with Crippen molar-refractivity contribution in [2.45, 2.75) is 83.7 Å². The van der Waals surface area contributed by atoms with Crippen LogP contribution in [0.5, 0.6) is 0 Å². The van der Waals surface area contributed by atoms with Crippen molar-refractivity contribution in [2.75, 3.05) is 0 Å². The molecule has 0 amide bonds. The van der Waals surface area contributed by atoms with Crippen molar-refractivity contribution < 1.29 is 19.8 Å². The van der Waals surface area contributed by atoms with Crippen LogP contribution < -0.4 is 5.32 Å². The van der Waals surface area contributed by atoms with Gasteiger partial charge in [0.25, 0.3) is 0 Å². The van der Waals surface area contributed by atoms with E-state index in [2.05, 4.69) is 33.0 Å². The smallest absolute Gasteiger partial charge is 0.306 e. The summed E-state index contributed by atoms with van der Waals surface area (Å²) in [5, 5.41) is 21.8. The summed E-state index contributed by atoms with van der Waals surface area (Å²) in [6.45, 7) is 8.53. The molecular formula is C17H31NO4. The van der Waals surface area contributed by atoms with Crippen molar-refractivity contribution in [3.05, 3.63) is 0 Å². The predicted molar refractivity (Wildman–Crippen MR) is 85.9 cm³/mol. The third kappa shape index (κ3) is 6.34. The van der Waals surface area contributed by atoms with E-state index in [4.69, 9.17) is 5.11 Å². The second-order valence-electron chi connectivity index (χ2n) is 8.00. The summed E-state index contributed by atoms with van der Waals surface area (Å²) in [5.74, 6) is -1.65. The number of hydrogen-bond acceptors (Lipinski definition) is 3. The fourth-order valence-corrected chi connectivity index (χ4v) is 4.06. The number of rotatable bonds is 8. The molecule has 0 bridgehead atoms. The molecule has 0 aliphatic carbocycles. The lowest BCUT2D eigenvalue weighted by Gasteiger charge is -2.48. The highest BCUT2D eigenvalue weighted by atomic mass is 16.4. The summed E-state index contributed by atoms with van der Waals surface area (Å²) in [6.07, 6.45) is 4.75. The SMILES string of the molecule is CC1(C)CC(C(CCCCCC(=O)O)C(=O)O)CC(C)(C)N1. The van der Waals surface area contributed by atoms with Crippen LogP contribution in [0.15, 0.2) is 0 Å². The van der Waals surface area contributed by atoms with E-state index >= 15 is 0 Å². The van der Waals surface area contributed by atoms with Crippen LogP contribution in [-0.2, 0) is 9.59 Å². The summed E-state index contributed by atoms with van der Waals surface area (Å²) in [4.78, 5) is 22.2. The number of nitrogens with one attached hydrogen (secondary N) is 1. The molecule has 0 aromatic carbocycles. The predicted octanol–water partition coefficient (Wildman–Crippen LogP) is 3.28. The Kier molecular flexibility index (Phi) is 6.41. The summed E-state index contributed by atoms with van der Waals surface area (Å²) in [7, 11) is 0. The van der Waals surface area contributed by atoms with Crippen molar-refractivity contribution in [3.8, 4) is 0 Å². The Labute approximate surface area is 133 Å². The molecule has 1 saturated heterocycles. The molecule has 1 aliphatic heterocycles. The number of carbonyl (C=O) groups is 2. The van der Waals surface area contributed by atoms with Crippen molar-refractivity contribution in [1.82, 2.24) is 5.32 Å². The lowest BCUT2D eigenvalue weighted by atomic mass is 9.69. The molecule has 128 valence electrons. The Balaban J connectivity index is 2.58. The molecule has 1 aliphatic rings. The standard InChI is InChI=1S/C17H31NO4/c1-16(2)10-12(11-17(3,4)18-16)13(15(21)22)8-6-5-7-9-14(19)20/h12-13,18H,5-11H2,1-4H3,(H,19,20)(H,21,22). The maximum Gasteiger partial charge on any atom is 0.306 e. The van der Waals surface area contributed by atoms with Crippen LogP contribution in [0.25, 0.3) is 0 Å². The largest absolute Gasteiger partial charge is 0.481 e. The Bertz CT molecular complexity index is 387. The first-order valence-corrected chi connectivity index (χ1v) is 8.26. The van der Waals surface area contributed by atoms with Gasteiger partial charge in [-0.1, -0.05) is 12.8 Å². The molecule has 1 fully saturated rings. The third-order valence-electron chi connectivity index (χ3n) is 4.51. The highest BCUT2D eigenvalue weighted by Gasteiger charge is 2.42. The van der Waals surface area contributed by atoms with E-state index in [1.165, 1.54) is 0 Å². The van der Waals surface area contributed by atoms with E-state index in [9.17, 15) is 14.7 Å². The zero-order valence-electron chi connectivity index (χ0n) is 14.3. The number of carboxylic acid groups (broad SMARTS) is 2. The number of unbranched alkanes of at least 4 members (excludes halogenated alkanes) is 2. The minimum atomic E-state index is -0.781. The van der Waals surface area contributed by atoms with Crippen LogP contribution in [-0.4, -0.2) is 33.2 Å². The molecule has 1 unspecified atom stereocenters. The van der Waals surface area contributed by atoms with Gasteiger partial charge < -0.3 is 15.5 Å². The van der Waals surface area contributed by atoms with Gasteiger partial charge in [0, 0.05) is 17.5 Å². The van der Waals surface area contributed by atoms with Gasteiger partial charge in [-0.15, -0.1) is 0 Å². The van der Waals surface area contributed by atoms with E-state index in [-0.39, 0.29) is 29.3 Å². The molecule has 1 atom stereocenters. The maximum absolute atomic E-state index is 11.7. The first kappa shape index (κ1) is 18.9. The van der Waals surface area contributed by atoms with E-state index in [0.717, 1.165) is 25.7 Å². The Morgan fingerprint density at radius 1 is 1.05 bits per heavy atom. The molecule has 0 spiro atoms. The summed E-state index contributed by atoms with van der Waals surface area (Å²) >= 11 is 0. The van der Waals surface area contributed by atoms with Gasteiger partial charge >= 0.3 is 11.9 Å². The molecular weight excluding hydrogens is 282 g/mol. The van der Waals surface area contributed by atoms with Gasteiger partial charge in [0.2, 0.25) is 0 Å². The van der Waals surface area contributed by atoms with Crippen LogP contribution in [0.4, 0.5) is 0 Å². The lowest BCUT2D eigenvalue weighted by Crippen LogP contribution is -2.59. The zero-order chi connectivity index (χ0) is 17.0. The minimum Gasteiger partial charge on any atom is -0.481 e. The molecule has 5 heteroatoms. The van der Waals surface area contributed by atoms with Gasteiger partial charge in [0.1, 0.15) is 0 Å². The van der Waals surface area contributed by atoms with E-state index < -0.39 is 11.9 Å². The maximum atomic E-state index is 11.7. The van der Waals surface area contributed by atoms with Crippen molar-refractivity contribution in [2.24, 2.45) is 11.8 Å². The summed E-state index contributed by atoms with van der Waals surface area (Å²) in [6, 6.07) is 0. The molecule has 3 N–H and O–H groups in total. The highest BCUT2D eigenvalue weighted by Crippen LogP contribution is 2.38. The molecule has 0 aromatic rings. The van der Waals surface area contributed by atoms with Gasteiger partial charge in [-0.25, -0.2) is 0 Å². The second kappa shape index (κ2) is 7.44. The van der Waals surface area contributed by atoms with E-state index in [1.54, 1.807) is 0 Å². The molecule has 22 heavy (non-hydrogen) atoms. The third-order valence-corrected chi connectivity index (χ3v) is 4.51. The zero-order valence-corrected chi connectivity index (χ0v) is 14.3. The minimum absolute atomic E-state index is 0.0522. The van der Waals surface area contributed by atoms with Gasteiger partial charge in [-0.2, -0.15) is 0 Å². The van der Waals surface area contributed by atoms with Crippen LogP contribution in [0, 0.1) is 11.8 Å². The molecule has 1 rings (SSSR count). The molecule has 5 nitrogen and oxygen atoms in total. The summed E-state index contributed by atoms with van der Waals surface area (Å²) in [5.41, 5.74) is -0.104. The number of hydrogen-bond donors (Lipinski definition) is 3. The molecule has 0 aromatic heterocycles. The molecule has 0 radical (unpaired) electrons. The van der Waals surface area contributed by atoms with Gasteiger partial charge in [0.15, 0.2) is 0 Å². The Morgan fingerprint density at radius 3 is 2.05 bits per heavy atom. The van der Waals surface area contributed by atoms with E-state index in [0.29, 0.717) is 12.8 Å². The average Bonchev–Trinajstić information content (AvgIpc) is 2.28. The van der Waals surface area contributed by atoms with Crippen LogP contribution in [0.3, 0.4) is 0 Å². The lowest BCUT2D eigenvalue weighted by molar-refractivity contribution is -0.145. The quantitative estimate of drug-likeness (QED) is 0.599. The van der Waals surface area contributed by atoms with Gasteiger partial charge in [-0.3, -0.25) is 9.59 Å². The highest BCUT2D eigenvalue weighted by molar-refractivity contribution is 5.70. The number of piperidine rings is 1. The normalized spacial score (nSPS) is 22.2. The topological polar surface area (TPSA) is 86.6 Å². The van der Waals surface area contributed by atoms with Crippen molar-refractivity contribution >= 4 is 11.9 Å². The first-order valence-electron chi connectivity index (χ1n) is 8.26. The average molecular weight is 313 g/mol. The number of aliphatic carboxylic acids is 2. The van der Waals surface area contributed by atoms with Crippen LogP contribution >= 0.6 is 0 Å². The monoisotopic (exact) mass is 313 g/mol. The number of carboxylic acids is 2. The second-order valence-corrected chi connectivity index (χ2v) is 8.00. The van der Waals surface area contributed by atoms with Gasteiger partial charge in [0.05, 0.1) is 5.92 Å².